The lowest BCUT2D eigenvalue weighted by Crippen LogP contribution is -2.42. The van der Waals surface area contributed by atoms with Gasteiger partial charge in [0, 0.05) is 36.3 Å². The fourth-order valence-electron chi connectivity index (χ4n) is 3.86. The van der Waals surface area contributed by atoms with E-state index in [1.807, 2.05) is 55.3 Å². The van der Waals surface area contributed by atoms with Crippen molar-refractivity contribution in [2.45, 2.75) is 32.3 Å². The van der Waals surface area contributed by atoms with Gasteiger partial charge in [-0.3, -0.25) is 4.79 Å². The van der Waals surface area contributed by atoms with E-state index in [4.69, 9.17) is 9.72 Å². The fraction of sp³-hybridized carbons (Fsp3) is 0.450. The number of hydrogen-bond acceptors (Lipinski definition) is 4. The number of nitrogens with zero attached hydrogens (tertiary/aromatic N) is 3. The Morgan fingerprint density at radius 3 is 2.84 bits per heavy atom. The Morgan fingerprint density at radius 2 is 2.08 bits per heavy atom. The molecule has 5 heteroatoms. The van der Waals surface area contributed by atoms with Crippen LogP contribution in [0.4, 0.5) is 0 Å². The maximum atomic E-state index is 12.4. The molecule has 5 nitrogen and oxygen atoms in total. The molecule has 130 valence electrons. The number of hydrogen-bond donors (Lipinski definition) is 0. The summed E-state index contributed by atoms with van der Waals surface area (Å²) in [6.45, 7) is 6.52. The van der Waals surface area contributed by atoms with E-state index >= 15 is 0 Å². The van der Waals surface area contributed by atoms with E-state index < -0.39 is 0 Å². The van der Waals surface area contributed by atoms with Crippen LogP contribution in [0.25, 0.3) is 11.4 Å². The third-order valence-corrected chi connectivity index (χ3v) is 5.19. The van der Waals surface area contributed by atoms with Crippen molar-refractivity contribution in [2.24, 2.45) is 5.92 Å². The first kappa shape index (κ1) is 16.2. The summed E-state index contributed by atoms with van der Waals surface area (Å²) in [5.41, 5.74) is 2.92. The van der Waals surface area contributed by atoms with Crippen molar-refractivity contribution >= 4 is 5.91 Å². The van der Waals surface area contributed by atoms with E-state index in [2.05, 4.69) is 4.98 Å². The van der Waals surface area contributed by atoms with E-state index in [9.17, 15) is 4.79 Å². The minimum atomic E-state index is -0.204. The van der Waals surface area contributed by atoms with Crippen molar-refractivity contribution in [3.8, 4) is 11.4 Å². The molecular weight excluding hydrogens is 314 g/mol. The lowest BCUT2D eigenvalue weighted by Gasteiger charge is -2.34. The molecule has 1 saturated heterocycles. The highest BCUT2D eigenvalue weighted by molar-refractivity contribution is 5.78. The third-order valence-electron chi connectivity index (χ3n) is 5.19. The topological polar surface area (TPSA) is 55.3 Å². The average Bonchev–Trinajstić information content (AvgIpc) is 3.06. The molecule has 4 rings (SSSR count). The molecule has 25 heavy (non-hydrogen) atoms. The summed E-state index contributed by atoms with van der Waals surface area (Å²) in [6, 6.07) is 10.0. The Kier molecular flexibility index (Phi) is 4.04. The van der Waals surface area contributed by atoms with Crippen LogP contribution in [0.5, 0.6) is 0 Å². The first-order valence-corrected chi connectivity index (χ1v) is 8.87. The Morgan fingerprint density at radius 1 is 1.28 bits per heavy atom. The van der Waals surface area contributed by atoms with Gasteiger partial charge in [0.15, 0.2) is 5.82 Å². The van der Waals surface area contributed by atoms with Crippen molar-refractivity contribution in [1.29, 1.82) is 0 Å². The van der Waals surface area contributed by atoms with Crippen LogP contribution in [-0.2, 0) is 21.6 Å². The van der Waals surface area contributed by atoms with Gasteiger partial charge in [0.1, 0.15) is 0 Å². The molecule has 2 aliphatic rings. The average molecular weight is 337 g/mol. The molecule has 1 fully saturated rings. The quantitative estimate of drug-likeness (QED) is 0.845. The third kappa shape index (κ3) is 2.82. The van der Waals surface area contributed by atoms with E-state index in [0.29, 0.717) is 19.8 Å². The van der Waals surface area contributed by atoms with Crippen LogP contribution in [0.1, 0.15) is 31.5 Å². The van der Waals surface area contributed by atoms with E-state index in [1.54, 1.807) is 0 Å². The van der Waals surface area contributed by atoms with Crippen molar-refractivity contribution in [2.75, 3.05) is 19.7 Å². The normalized spacial score (nSPS) is 22.4. The number of ether oxygens (including phenoxy) is 1. The number of aromatic nitrogens is 2. The second-order valence-electron chi connectivity index (χ2n) is 7.37. The Hall–Kier alpha value is -2.27. The van der Waals surface area contributed by atoms with Gasteiger partial charge < -0.3 is 9.64 Å². The van der Waals surface area contributed by atoms with Gasteiger partial charge in [-0.1, -0.05) is 44.2 Å². The Bertz CT molecular complexity index is 791. The lowest BCUT2D eigenvalue weighted by atomic mass is 9.80. The van der Waals surface area contributed by atoms with E-state index in [0.717, 1.165) is 35.6 Å². The molecule has 1 aromatic heterocycles. The van der Waals surface area contributed by atoms with Crippen LogP contribution in [0.2, 0.25) is 0 Å². The van der Waals surface area contributed by atoms with Crippen LogP contribution in [-0.4, -0.2) is 40.5 Å². The Labute approximate surface area is 148 Å². The van der Waals surface area contributed by atoms with Crippen LogP contribution in [0, 0.1) is 5.92 Å². The van der Waals surface area contributed by atoms with Gasteiger partial charge >= 0.3 is 0 Å². The lowest BCUT2D eigenvalue weighted by molar-refractivity contribution is -0.133. The molecule has 3 heterocycles. The molecule has 0 N–H and O–H groups in total. The predicted molar refractivity (Wildman–Crippen MR) is 94.8 cm³/mol. The van der Waals surface area contributed by atoms with Gasteiger partial charge in [-0.25, -0.2) is 9.97 Å². The molecule has 2 aromatic rings. The molecule has 0 aliphatic carbocycles. The number of amides is 1. The second-order valence-corrected chi connectivity index (χ2v) is 7.37. The van der Waals surface area contributed by atoms with Crippen LogP contribution in [0.3, 0.4) is 0 Å². The maximum Gasteiger partial charge on any atom is 0.225 e. The summed E-state index contributed by atoms with van der Waals surface area (Å²) in [6.07, 6.45) is 2.78. The van der Waals surface area contributed by atoms with Crippen molar-refractivity contribution in [3.05, 3.63) is 47.8 Å². The zero-order valence-electron chi connectivity index (χ0n) is 14.7. The Balaban J connectivity index is 1.71. The monoisotopic (exact) mass is 337 g/mol. The number of fused-ring (bicyclic) bond motifs is 2. The predicted octanol–water partition coefficient (Wildman–Crippen LogP) is 2.80. The molecule has 1 unspecified atom stereocenters. The highest BCUT2D eigenvalue weighted by atomic mass is 16.5. The summed E-state index contributed by atoms with van der Waals surface area (Å²) in [7, 11) is 0. The number of carbonyl (C=O) groups is 1. The molecule has 2 aliphatic heterocycles. The molecule has 0 radical (unpaired) electrons. The SMILES string of the molecule is CC(C)C(=O)N1CCC2(COCc3cnc(-c4ccccc4)nc32)C1. The zero-order chi connectivity index (χ0) is 17.4. The van der Waals surface area contributed by atoms with Gasteiger partial charge in [-0.05, 0) is 6.42 Å². The summed E-state index contributed by atoms with van der Waals surface area (Å²) in [4.78, 5) is 23.8. The fourth-order valence-corrected chi connectivity index (χ4v) is 3.86. The minimum Gasteiger partial charge on any atom is -0.376 e. The smallest absolute Gasteiger partial charge is 0.225 e. The number of rotatable bonds is 2. The molecule has 0 bridgehead atoms. The number of likely N-dealkylation sites (tertiary alicyclic amines) is 1. The molecule has 1 aromatic carbocycles. The summed E-state index contributed by atoms with van der Waals surface area (Å²) >= 11 is 0. The van der Waals surface area contributed by atoms with Crippen molar-refractivity contribution < 1.29 is 9.53 Å². The molecular formula is C20H23N3O2. The highest BCUT2D eigenvalue weighted by Gasteiger charge is 2.46. The van der Waals surface area contributed by atoms with Crippen LogP contribution in [0.15, 0.2) is 36.5 Å². The summed E-state index contributed by atoms with van der Waals surface area (Å²) in [5, 5.41) is 0. The van der Waals surface area contributed by atoms with Crippen molar-refractivity contribution in [1.82, 2.24) is 14.9 Å². The second kappa shape index (κ2) is 6.23. The van der Waals surface area contributed by atoms with Crippen molar-refractivity contribution in [3.63, 3.8) is 0 Å². The first-order valence-electron chi connectivity index (χ1n) is 8.87. The van der Waals surface area contributed by atoms with Gasteiger partial charge in [-0.2, -0.15) is 0 Å². The molecule has 1 atom stereocenters. The largest absolute Gasteiger partial charge is 0.376 e. The van der Waals surface area contributed by atoms with Gasteiger partial charge in [0.05, 0.1) is 24.3 Å². The van der Waals surface area contributed by atoms with E-state index in [-0.39, 0.29) is 17.2 Å². The summed E-state index contributed by atoms with van der Waals surface area (Å²) in [5.74, 6) is 0.972. The minimum absolute atomic E-state index is 0.0180. The number of carbonyl (C=O) groups excluding carboxylic acids is 1. The molecule has 1 spiro atoms. The van der Waals surface area contributed by atoms with Gasteiger partial charge in [0.25, 0.3) is 0 Å². The zero-order valence-corrected chi connectivity index (χ0v) is 14.7. The van der Waals surface area contributed by atoms with E-state index in [1.165, 1.54) is 0 Å². The number of benzene rings is 1. The highest BCUT2D eigenvalue weighted by Crippen LogP contribution is 2.39. The van der Waals surface area contributed by atoms with Crippen LogP contribution < -0.4 is 0 Å². The molecule has 1 amide bonds. The van der Waals surface area contributed by atoms with Gasteiger partial charge in [-0.15, -0.1) is 0 Å². The first-order chi connectivity index (χ1) is 12.1. The molecule has 0 saturated carbocycles. The van der Waals surface area contributed by atoms with Gasteiger partial charge in [0.2, 0.25) is 5.91 Å². The summed E-state index contributed by atoms with van der Waals surface area (Å²) < 4.78 is 5.85. The standard InChI is InChI=1S/C20H23N3O2/c1-14(2)19(24)23-9-8-20(12-23)13-25-11-16-10-21-18(22-17(16)20)15-6-4-3-5-7-15/h3-7,10,14H,8-9,11-13H2,1-2H3. The maximum absolute atomic E-state index is 12.4. The van der Waals surface area contributed by atoms with Crippen LogP contribution >= 0.6 is 0 Å².